The number of sulfonamides is 1. The molecule has 1 rings (SSSR count). The van der Waals surface area contributed by atoms with Crippen molar-refractivity contribution >= 4 is 40.0 Å². The number of unbranched alkanes of at least 4 members (excludes halogenated alkanes) is 1. The lowest BCUT2D eigenvalue weighted by Crippen LogP contribution is -2.52. The van der Waals surface area contributed by atoms with E-state index in [9.17, 15) is 21.6 Å². The van der Waals surface area contributed by atoms with Crippen molar-refractivity contribution in [3.05, 3.63) is 0 Å². The molecule has 0 amide bonds. The Morgan fingerprint density at radius 1 is 1.26 bits per heavy atom. The number of piperidine rings is 1. The van der Waals surface area contributed by atoms with Gasteiger partial charge in [0.2, 0.25) is 0 Å². The molecule has 0 radical (unpaired) electrons. The molecule has 0 unspecified atom stereocenters. The Balaban J connectivity index is 0.00000676. The van der Waals surface area contributed by atoms with Crippen molar-refractivity contribution in [2.45, 2.75) is 44.2 Å². The molecule has 0 atom stereocenters. The Morgan fingerprint density at radius 2 is 1.85 bits per heavy atom. The molecule has 12 heteroatoms. The Bertz CT molecular complexity index is 552. The van der Waals surface area contributed by atoms with Crippen LogP contribution in [0.5, 0.6) is 0 Å². The highest BCUT2D eigenvalue weighted by Gasteiger charge is 2.50. The summed E-state index contributed by atoms with van der Waals surface area (Å²) in [6, 6.07) is -0.112. The topological polar surface area (TPSA) is 77.0 Å². The summed E-state index contributed by atoms with van der Waals surface area (Å²) in [7, 11) is -1.56. The summed E-state index contributed by atoms with van der Waals surface area (Å²) < 4.78 is 61.1. The van der Waals surface area contributed by atoms with E-state index in [0.717, 1.165) is 25.9 Å². The number of hydrogen-bond donors (Lipinski definition) is 2. The minimum absolute atomic E-state index is 0. The number of halogens is 4. The Hall–Kier alpha value is -0.340. The van der Waals surface area contributed by atoms with E-state index >= 15 is 0 Å². The third-order valence-electron chi connectivity index (χ3n) is 4.33. The fraction of sp³-hybridized carbons (Fsp3) is 0.933. The van der Waals surface area contributed by atoms with Gasteiger partial charge in [-0.1, -0.05) is 13.3 Å². The van der Waals surface area contributed by atoms with Gasteiger partial charge in [0.1, 0.15) is 0 Å². The molecule has 0 spiro atoms. The molecular formula is C15H31F3IN5O2S. The molecule has 0 saturated carbocycles. The van der Waals surface area contributed by atoms with Crippen LogP contribution in [0.4, 0.5) is 13.2 Å². The lowest BCUT2D eigenvalue weighted by atomic mass is 10.1. The van der Waals surface area contributed by atoms with Gasteiger partial charge in [-0.15, -0.1) is 24.0 Å². The number of guanidine groups is 1. The van der Waals surface area contributed by atoms with Crippen molar-refractivity contribution in [3.8, 4) is 0 Å². The van der Waals surface area contributed by atoms with E-state index in [1.54, 1.807) is 7.05 Å². The van der Waals surface area contributed by atoms with E-state index in [2.05, 4.69) is 27.4 Å². The van der Waals surface area contributed by atoms with Crippen LogP contribution in [0.3, 0.4) is 0 Å². The largest absolute Gasteiger partial charge is 0.511 e. The van der Waals surface area contributed by atoms with Crippen molar-refractivity contribution < 1.29 is 21.6 Å². The number of alkyl halides is 3. The number of nitrogens with one attached hydrogen (secondary N) is 2. The normalized spacial score (nSPS) is 17.7. The van der Waals surface area contributed by atoms with Crippen LogP contribution < -0.4 is 10.6 Å². The molecule has 0 aliphatic carbocycles. The summed E-state index contributed by atoms with van der Waals surface area (Å²) in [6.45, 7) is 4.40. The van der Waals surface area contributed by atoms with Gasteiger partial charge in [0.15, 0.2) is 5.96 Å². The highest BCUT2D eigenvalue weighted by molar-refractivity contribution is 14.0. The van der Waals surface area contributed by atoms with Gasteiger partial charge in [-0.3, -0.25) is 4.99 Å². The monoisotopic (exact) mass is 529 g/mol. The third-order valence-corrected chi connectivity index (χ3v) is 5.96. The lowest BCUT2D eigenvalue weighted by Gasteiger charge is -2.32. The summed E-state index contributed by atoms with van der Waals surface area (Å²) in [5.41, 5.74) is -5.24. The Morgan fingerprint density at radius 3 is 2.33 bits per heavy atom. The van der Waals surface area contributed by atoms with Crippen molar-refractivity contribution in [3.63, 3.8) is 0 Å². The minimum atomic E-state index is -5.24. The molecule has 1 fully saturated rings. The van der Waals surface area contributed by atoms with Crippen LogP contribution in [0, 0.1) is 0 Å². The van der Waals surface area contributed by atoms with Gasteiger partial charge >= 0.3 is 15.5 Å². The summed E-state index contributed by atoms with van der Waals surface area (Å²) in [6.07, 6.45) is 2.88. The molecule has 0 aromatic carbocycles. The van der Waals surface area contributed by atoms with Crippen LogP contribution in [-0.2, 0) is 10.0 Å². The van der Waals surface area contributed by atoms with Crippen LogP contribution in [0.1, 0.15) is 32.6 Å². The second-order valence-corrected chi connectivity index (χ2v) is 8.35. The van der Waals surface area contributed by atoms with Crippen LogP contribution in [-0.4, -0.2) is 82.0 Å². The van der Waals surface area contributed by atoms with Gasteiger partial charge in [0.25, 0.3) is 0 Å². The third kappa shape index (κ3) is 8.69. The molecule has 1 saturated heterocycles. The summed E-state index contributed by atoms with van der Waals surface area (Å²) in [4.78, 5) is 6.32. The number of rotatable bonds is 8. The van der Waals surface area contributed by atoms with Crippen molar-refractivity contribution in [1.82, 2.24) is 19.8 Å². The zero-order valence-corrected chi connectivity index (χ0v) is 19.2. The summed E-state index contributed by atoms with van der Waals surface area (Å²) in [5, 5.41) is 6.33. The lowest BCUT2D eigenvalue weighted by molar-refractivity contribution is -0.0494. The molecule has 0 aromatic heterocycles. The van der Waals surface area contributed by atoms with Gasteiger partial charge in [0.05, 0.1) is 0 Å². The maximum atomic E-state index is 12.6. The number of nitrogens with zero attached hydrogens (tertiary/aromatic N) is 3. The van der Waals surface area contributed by atoms with E-state index in [1.165, 1.54) is 0 Å². The van der Waals surface area contributed by atoms with Crippen molar-refractivity contribution in [1.29, 1.82) is 0 Å². The average Bonchev–Trinajstić information content (AvgIpc) is 2.58. The predicted octanol–water partition coefficient (Wildman–Crippen LogP) is 1.82. The quantitative estimate of drug-likeness (QED) is 0.285. The zero-order valence-electron chi connectivity index (χ0n) is 16.0. The number of likely N-dealkylation sites (N-methyl/N-ethyl adjacent to an activating group) is 1. The zero-order chi connectivity index (χ0) is 19.8. The molecule has 2 N–H and O–H groups in total. The van der Waals surface area contributed by atoms with E-state index in [1.807, 2.05) is 7.05 Å². The van der Waals surface area contributed by atoms with E-state index < -0.39 is 15.5 Å². The predicted molar refractivity (Wildman–Crippen MR) is 112 cm³/mol. The van der Waals surface area contributed by atoms with Gasteiger partial charge in [-0.2, -0.15) is 17.5 Å². The highest BCUT2D eigenvalue weighted by Crippen LogP contribution is 2.28. The molecule has 7 nitrogen and oxygen atoms in total. The molecule has 1 aliphatic rings. The number of hydrogen-bond acceptors (Lipinski definition) is 4. The molecule has 1 heterocycles. The van der Waals surface area contributed by atoms with Gasteiger partial charge in [-0.25, -0.2) is 8.42 Å². The van der Waals surface area contributed by atoms with Crippen molar-refractivity contribution in [2.75, 3.05) is 46.8 Å². The molecular weight excluding hydrogens is 498 g/mol. The highest BCUT2D eigenvalue weighted by atomic mass is 127. The molecule has 1 aliphatic heterocycles. The molecule has 162 valence electrons. The Labute approximate surface area is 177 Å². The first-order valence-electron chi connectivity index (χ1n) is 8.84. The fourth-order valence-electron chi connectivity index (χ4n) is 2.68. The van der Waals surface area contributed by atoms with E-state index in [0.29, 0.717) is 29.7 Å². The summed E-state index contributed by atoms with van der Waals surface area (Å²) >= 11 is 0. The first-order valence-corrected chi connectivity index (χ1v) is 10.3. The first-order chi connectivity index (χ1) is 12.1. The Kier molecular flexibility index (Phi) is 12.1. The molecule has 0 bridgehead atoms. The van der Waals surface area contributed by atoms with Crippen LogP contribution in [0.15, 0.2) is 4.99 Å². The van der Waals surface area contributed by atoms with E-state index in [-0.39, 0.29) is 43.1 Å². The summed E-state index contributed by atoms with van der Waals surface area (Å²) in [5.74, 6) is 0.575. The smallest absolute Gasteiger partial charge is 0.355 e. The maximum absolute atomic E-state index is 12.6. The van der Waals surface area contributed by atoms with Gasteiger partial charge < -0.3 is 15.5 Å². The minimum Gasteiger partial charge on any atom is -0.355 e. The molecule has 27 heavy (non-hydrogen) atoms. The van der Waals surface area contributed by atoms with Crippen LogP contribution >= 0.6 is 24.0 Å². The standard InChI is InChI=1S/C15H30F3N5O2S.HI/c1-4-5-9-22(3)12-8-20-14(19-2)21-13-6-10-23(11-7-13)26(24,25)15(16,17)18;/h13H,4-12H2,1-3H3,(H2,19,20,21);1H. The first kappa shape index (κ1) is 26.7. The van der Waals surface area contributed by atoms with Crippen LogP contribution in [0.25, 0.3) is 0 Å². The van der Waals surface area contributed by atoms with Gasteiger partial charge in [-0.05, 0) is 32.9 Å². The van der Waals surface area contributed by atoms with Crippen molar-refractivity contribution in [2.24, 2.45) is 4.99 Å². The maximum Gasteiger partial charge on any atom is 0.511 e. The second-order valence-electron chi connectivity index (χ2n) is 6.42. The molecule has 0 aromatic rings. The SMILES string of the molecule is CCCCN(C)CCNC(=NC)NC1CCN(S(=O)(=O)C(F)(F)F)CC1.I. The van der Waals surface area contributed by atoms with E-state index in [4.69, 9.17) is 0 Å². The average molecular weight is 529 g/mol. The fourth-order valence-corrected chi connectivity index (χ4v) is 3.66. The second kappa shape index (κ2) is 12.3. The van der Waals surface area contributed by atoms with Gasteiger partial charge in [0, 0.05) is 39.3 Å². The number of aliphatic imine (C=N–C) groups is 1. The van der Waals surface area contributed by atoms with Crippen LogP contribution in [0.2, 0.25) is 0 Å².